The van der Waals surface area contributed by atoms with Gasteiger partial charge in [0, 0.05) is 23.4 Å². The normalized spacial score (nSPS) is 14.2. The summed E-state index contributed by atoms with van der Waals surface area (Å²) in [6.07, 6.45) is 1.21. The number of halogens is 1. The smallest absolute Gasteiger partial charge is 0.227 e. The minimum atomic E-state index is -0.374. The summed E-state index contributed by atoms with van der Waals surface area (Å²) in [5, 5.41) is 0. The van der Waals surface area contributed by atoms with E-state index in [1.54, 1.807) is 17.0 Å². The van der Waals surface area contributed by atoms with E-state index in [0.29, 0.717) is 17.7 Å². The molecule has 3 nitrogen and oxygen atoms in total. The number of aryl methyl sites for hydroxylation is 1. The van der Waals surface area contributed by atoms with Crippen LogP contribution in [0.15, 0.2) is 42.5 Å². The van der Waals surface area contributed by atoms with Gasteiger partial charge in [-0.15, -0.1) is 0 Å². The Morgan fingerprint density at radius 2 is 1.95 bits per heavy atom. The maximum atomic E-state index is 13.9. The lowest BCUT2D eigenvalue weighted by Crippen LogP contribution is -2.34. The van der Waals surface area contributed by atoms with E-state index in [1.165, 1.54) is 6.07 Å². The third-order valence-electron chi connectivity index (χ3n) is 3.60. The second kappa shape index (κ2) is 4.96. The lowest BCUT2D eigenvalue weighted by Gasteiger charge is -2.29. The maximum absolute atomic E-state index is 13.9. The monoisotopic (exact) mass is 270 g/mol. The number of hydrogen-bond donors (Lipinski definition) is 1. The van der Waals surface area contributed by atoms with Gasteiger partial charge in [0.1, 0.15) is 5.82 Å². The first-order valence-electron chi connectivity index (χ1n) is 6.57. The van der Waals surface area contributed by atoms with E-state index >= 15 is 0 Å². The van der Waals surface area contributed by atoms with Crippen LogP contribution in [0.5, 0.6) is 0 Å². The Hall–Kier alpha value is -2.36. The quantitative estimate of drug-likeness (QED) is 0.853. The summed E-state index contributed by atoms with van der Waals surface area (Å²) >= 11 is 0. The van der Waals surface area contributed by atoms with Crippen molar-refractivity contribution in [1.29, 1.82) is 0 Å². The van der Waals surface area contributed by atoms with Crippen molar-refractivity contribution in [1.82, 2.24) is 0 Å². The molecule has 1 amide bonds. The van der Waals surface area contributed by atoms with Crippen LogP contribution in [-0.2, 0) is 17.8 Å². The summed E-state index contributed by atoms with van der Waals surface area (Å²) in [7, 11) is 0. The number of anilines is 2. The molecule has 4 heteroatoms. The zero-order valence-electron chi connectivity index (χ0n) is 11.0. The van der Waals surface area contributed by atoms with E-state index in [4.69, 9.17) is 5.73 Å². The predicted octanol–water partition coefficient (Wildman–Crippen LogP) is 2.89. The van der Waals surface area contributed by atoms with Gasteiger partial charge >= 0.3 is 0 Å². The molecule has 0 fully saturated rings. The molecule has 2 aromatic rings. The maximum Gasteiger partial charge on any atom is 0.227 e. The van der Waals surface area contributed by atoms with Crippen molar-refractivity contribution < 1.29 is 9.18 Å². The first kappa shape index (κ1) is 12.7. The van der Waals surface area contributed by atoms with Crippen LogP contribution in [0.1, 0.15) is 17.5 Å². The molecule has 0 spiro atoms. The summed E-state index contributed by atoms with van der Waals surface area (Å²) in [5.74, 6) is -0.347. The lowest BCUT2D eigenvalue weighted by atomic mass is 10.0. The van der Waals surface area contributed by atoms with Gasteiger partial charge < -0.3 is 10.6 Å². The largest absolute Gasteiger partial charge is 0.399 e. The zero-order valence-corrected chi connectivity index (χ0v) is 11.0. The van der Waals surface area contributed by atoms with Gasteiger partial charge in [-0.1, -0.05) is 24.3 Å². The number of hydrogen-bond acceptors (Lipinski definition) is 2. The van der Waals surface area contributed by atoms with E-state index in [-0.39, 0.29) is 18.3 Å². The highest BCUT2D eigenvalue weighted by atomic mass is 19.1. The molecule has 1 aliphatic heterocycles. The molecule has 0 radical (unpaired) electrons. The van der Waals surface area contributed by atoms with Gasteiger partial charge in [-0.25, -0.2) is 4.39 Å². The van der Waals surface area contributed by atoms with Crippen molar-refractivity contribution >= 4 is 17.3 Å². The van der Waals surface area contributed by atoms with Crippen molar-refractivity contribution in [3.8, 4) is 0 Å². The molecule has 0 saturated heterocycles. The Labute approximate surface area is 116 Å². The van der Waals surface area contributed by atoms with E-state index in [9.17, 15) is 9.18 Å². The molecule has 102 valence electrons. The number of benzene rings is 2. The van der Waals surface area contributed by atoms with Gasteiger partial charge in [0.25, 0.3) is 0 Å². The molecule has 0 aliphatic carbocycles. The van der Waals surface area contributed by atoms with Gasteiger partial charge in [0.05, 0.1) is 6.54 Å². The Morgan fingerprint density at radius 1 is 1.15 bits per heavy atom. The van der Waals surface area contributed by atoms with Crippen LogP contribution in [0.2, 0.25) is 0 Å². The Kier molecular flexibility index (Phi) is 3.14. The highest BCUT2D eigenvalue weighted by Gasteiger charge is 2.24. The molecule has 0 unspecified atom stereocenters. The fourth-order valence-corrected chi connectivity index (χ4v) is 2.53. The van der Waals surface area contributed by atoms with Crippen molar-refractivity contribution in [3.63, 3.8) is 0 Å². The van der Waals surface area contributed by atoms with Crippen molar-refractivity contribution in [2.24, 2.45) is 0 Å². The lowest BCUT2D eigenvalue weighted by molar-refractivity contribution is -0.119. The minimum Gasteiger partial charge on any atom is -0.399 e. The molecule has 0 bridgehead atoms. The van der Waals surface area contributed by atoms with E-state index in [1.807, 2.05) is 24.3 Å². The van der Waals surface area contributed by atoms with Crippen molar-refractivity contribution in [3.05, 3.63) is 59.4 Å². The van der Waals surface area contributed by atoms with Crippen molar-refractivity contribution in [2.45, 2.75) is 19.4 Å². The number of nitrogen functional groups attached to an aromatic ring is 1. The molecule has 20 heavy (non-hydrogen) atoms. The van der Waals surface area contributed by atoms with Crippen LogP contribution < -0.4 is 10.6 Å². The van der Waals surface area contributed by atoms with Gasteiger partial charge in [0.15, 0.2) is 0 Å². The average molecular weight is 270 g/mol. The number of carbonyl (C=O) groups is 1. The number of fused-ring (bicyclic) bond motifs is 1. The Balaban J connectivity index is 1.95. The van der Waals surface area contributed by atoms with Crippen LogP contribution in [0.25, 0.3) is 0 Å². The average Bonchev–Trinajstić information content (AvgIpc) is 2.44. The standard InChI is InChI=1S/C16H15FN2O/c17-14-9-13(18)7-5-12(14)10-19-15-4-2-1-3-11(15)6-8-16(19)20/h1-5,7,9H,6,8,10,18H2. The number of carbonyl (C=O) groups excluding carboxylic acids is 1. The third kappa shape index (κ3) is 2.25. The van der Waals surface area contributed by atoms with E-state index in [0.717, 1.165) is 17.7 Å². The fourth-order valence-electron chi connectivity index (χ4n) is 2.53. The van der Waals surface area contributed by atoms with Crippen LogP contribution in [0.4, 0.5) is 15.8 Å². The number of nitrogens with zero attached hydrogens (tertiary/aromatic N) is 1. The molecule has 1 heterocycles. The van der Waals surface area contributed by atoms with Gasteiger partial charge in [0.2, 0.25) is 5.91 Å². The number of amides is 1. The highest BCUT2D eigenvalue weighted by molar-refractivity contribution is 5.96. The molecule has 0 saturated carbocycles. The summed E-state index contributed by atoms with van der Waals surface area (Å²) in [6.45, 7) is 0.238. The third-order valence-corrected chi connectivity index (χ3v) is 3.60. The number of nitrogens with two attached hydrogens (primary N) is 1. The zero-order chi connectivity index (χ0) is 14.1. The number of para-hydroxylation sites is 1. The first-order valence-corrected chi connectivity index (χ1v) is 6.57. The van der Waals surface area contributed by atoms with Gasteiger partial charge in [-0.3, -0.25) is 4.79 Å². The number of rotatable bonds is 2. The molecule has 2 aromatic carbocycles. The summed E-state index contributed by atoms with van der Waals surface area (Å²) in [4.78, 5) is 13.8. The second-order valence-electron chi connectivity index (χ2n) is 4.96. The molecule has 0 aromatic heterocycles. The van der Waals surface area contributed by atoms with Gasteiger partial charge in [-0.05, 0) is 30.2 Å². The Bertz CT molecular complexity index is 669. The van der Waals surface area contributed by atoms with Crippen LogP contribution >= 0.6 is 0 Å². The van der Waals surface area contributed by atoms with E-state index in [2.05, 4.69) is 0 Å². The second-order valence-corrected chi connectivity index (χ2v) is 4.96. The molecular formula is C16H15FN2O. The Morgan fingerprint density at radius 3 is 2.75 bits per heavy atom. The SMILES string of the molecule is Nc1ccc(CN2C(=O)CCc3ccccc32)c(F)c1. The molecule has 3 rings (SSSR count). The molecule has 2 N–H and O–H groups in total. The topological polar surface area (TPSA) is 46.3 Å². The van der Waals surface area contributed by atoms with E-state index < -0.39 is 0 Å². The van der Waals surface area contributed by atoms with Crippen LogP contribution in [0, 0.1) is 5.82 Å². The van der Waals surface area contributed by atoms with Crippen LogP contribution in [0.3, 0.4) is 0 Å². The van der Waals surface area contributed by atoms with Gasteiger partial charge in [-0.2, -0.15) is 0 Å². The molecule has 0 atom stereocenters. The molecule has 1 aliphatic rings. The summed E-state index contributed by atoms with van der Waals surface area (Å²) < 4.78 is 13.9. The summed E-state index contributed by atoms with van der Waals surface area (Å²) in [6, 6.07) is 12.3. The fraction of sp³-hybridized carbons (Fsp3) is 0.188. The van der Waals surface area contributed by atoms with Crippen LogP contribution in [-0.4, -0.2) is 5.91 Å². The molecular weight excluding hydrogens is 255 g/mol. The predicted molar refractivity (Wildman–Crippen MR) is 76.8 cm³/mol. The van der Waals surface area contributed by atoms with Crippen molar-refractivity contribution in [2.75, 3.05) is 10.6 Å². The summed E-state index contributed by atoms with van der Waals surface area (Å²) in [5.41, 5.74) is 8.41. The highest BCUT2D eigenvalue weighted by Crippen LogP contribution is 2.29. The minimum absolute atomic E-state index is 0.0277. The first-order chi connectivity index (χ1) is 9.65.